The minimum atomic E-state index is -0.0763. The molecule has 136 valence electrons. The number of hydrogen-bond acceptors (Lipinski definition) is 5. The molecule has 0 unspecified atom stereocenters. The highest BCUT2D eigenvalue weighted by atomic mass is 32.2. The van der Waals surface area contributed by atoms with E-state index >= 15 is 0 Å². The molecule has 0 atom stereocenters. The molecule has 1 N–H and O–H groups in total. The lowest BCUT2D eigenvalue weighted by atomic mass is 10.1. The minimum absolute atomic E-state index is 0.0763. The molecule has 6 nitrogen and oxygen atoms in total. The lowest BCUT2D eigenvalue weighted by Crippen LogP contribution is -2.14. The van der Waals surface area contributed by atoms with Crippen LogP contribution in [0.25, 0.3) is 16.7 Å². The van der Waals surface area contributed by atoms with Crippen molar-refractivity contribution in [2.75, 3.05) is 11.1 Å². The number of hydrogen-bond donors (Lipinski definition) is 1. The molecule has 4 rings (SSSR count). The van der Waals surface area contributed by atoms with Gasteiger partial charge in [0.2, 0.25) is 5.91 Å². The van der Waals surface area contributed by atoms with Gasteiger partial charge in [0.05, 0.1) is 16.8 Å². The van der Waals surface area contributed by atoms with E-state index in [1.165, 1.54) is 17.3 Å². The van der Waals surface area contributed by atoms with Crippen molar-refractivity contribution in [1.29, 1.82) is 0 Å². The van der Waals surface area contributed by atoms with E-state index in [4.69, 9.17) is 0 Å². The number of nitrogens with one attached hydrogen (secondary N) is 1. The van der Waals surface area contributed by atoms with Crippen molar-refractivity contribution in [2.24, 2.45) is 0 Å². The number of carbonyl (C=O) groups is 1. The van der Waals surface area contributed by atoms with Gasteiger partial charge in [-0.3, -0.25) is 9.20 Å². The fourth-order valence-electron chi connectivity index (χ4n) is 2.94. The van der Waals surface area contributed by atoms with E-state index in [0.29, 0.717) is 10.7 Å². The monoisotopic (exact) mass is 377 g/mol. The van der Waals surface area contributed by atoms with Crippen molar-refractivity contribution >= 4 is 40.0 Å². The Morgan fingerprint density at radius 3 is 2.70 bits per heavy atom. The largest absolute Gasteiger partial charge is 0.325 e. The molecule has 0 fully saturated rings. The van der Waals surface area contributed by atoms with Crippen molar-refractivity contribution in [3.8, 4) is 0 Å². The van der Waals surface area contributed by atoms with Crippen LogP contribution in [-0.4, -0.2) is 31.2 Å². The van der Waals surface area contributed by atoms with Crippen LogP contribution in [0.1, 0.15) is 17.0 Å². The van der Waals surface area contributed by atoms with Crippen LogP contribution in [0, 0.1) is 20.8 Å². The second-order valence-corrected chi connectivity index (χ2v) is 7.41. The number of benzene rings is 2. The van der Waals surface area contributed by atoms with Gasteiger partial charge >= 0.3 is 0 Å². The highest BCUT2D eigenvalue weighted by Crippen LogP contribution is 2.25. The summed E-state index contributed by atoms with van der Waals surface area (Å²) in [6.07, 6.45) is 0. The first kappa shape index (κ1) is 17.5. The second-order valence-electron chi connectivity index (χ2n) is 6.45. The zero-order chi connectivity index (χ0) is 19.0. The van der Waals surface area contributed by atoms with Crippen LogP contribution < -0.4 is 5.32 Å². The first-order valence-corrected chi connectivity index (χ1v) is 9.62. The molecule has 4 aromatic rings. The van der Waals surface area contributed by atoms with Gasteiger partial charge in [-0.15, -0.1) is 10.2 Å². The summed E-state index contributed by atoms with van der Waals surface area (Å²) in [4.78, 5) is 17.1. The molecule has 0 radical (unpaired) electrons. The number of aromatic nitrogens is 4. The molecule has 7 heteroatoms. The van der Waals surface area contributed by atoms with Gasteiger partial charge in [-0.2, -0.15) is 0 Å². The Morgan fingerprint density at radius 1 is 1.07 bits per heavy atom. The average Bonchev–Trinajstić information content (AvgIpc) is 3.05. The maximum absolute atomic E-state index is 12.4. The topological polar surface area (TPSA) is 72.2 Å². The van der Waals surface area contributed by atoms with Crippen LogP contribution in [0.3, 0.4) is 0 Å². The number of thioether (sulfide) groups is 1. The summed E-state index contributed by atoms with van der Waals surface area (Å²) in [7, 11) is 0. The van der Waals surface area contributed by atoms with Crippen LogP contribution in [0.4, 0.5) is 5.69 Å². The van der Waals surface area contributed by atoms with Gasteiger partial charge in [-0.05, 0) is 56.2 Å². The zero-order valence-corrected chi connectivity index (χ0v) is 16.2. The fraction of sp³-hybridized carbons (Fsp3) is 0.200. The summed E-state index contributed by atoms with van der Waals surface area (Å²) in [5.41, 5.74) is 5.64. The number of carbonyl (C=O) groups excluding carboxylic acids is 1. The van der Waals surface area contributed by atoms with Crippen LogP contribution in [0.2, 0.25) is 0 Å². The van der Waals surface area contributed by atoms with Crippen molar-refractivity contribution in [3.05, 3.63) is 59.4 Å². The molecule has 0 aliphatic carbocycles. The quantitative estimate of drug-likeness (QED) is 0.546. The van der Waals surface area contributed by atoms with E-state index in [2.05, 4.69) is 20.5 Å². The van der Waals surface area contributed by atoms with Crippen molar-refractivity contribution < 1.29 is 4.79 Å². The third kappa shape index (κ3) is 3.38. The number of anilines is 1. The smallest absolute Gasteiger partial charge is 0.234 e. The lowest BCUT2D eigenvalue weighted by Gasteiger charge is -2.09. The fourth-order valence-corrected chi connectivity index (χ4v) is 3.71. The third-order valence-corrected chi connectivity index (χ3v) is 5.45. The lowest BCUT2D eigenvalue weighted by molar-refractivity contribution is -0.113. The summed E-state index contributed by atoms with van der Waals surface area (Å²) in [5.74, 6) is 0.970. The number of aryl methyl sites for hydroxylation is 3. The van der Waals surface area contributed by atoms with E-state index < -0.39 is 0 Å². The van der Waals surface area contributed by atoms with Gasteiger partial charge in [0.15, 0.2) is 5.65 Å². The normalized spacial score (nSPS) is 11.2. The molecule has 0 saturated carbocycles. The molecule has 2 heterocycles. The van der Waals surface area contributed by atoms with Gasteiger partial charge in [0.25, 0.3) is 0 Å². The van der Waals surface area contributed by atoms with Crippen molar-refractivity contribution in [1.82, 2.24) is 19.6 Å². The molecule has 0 saturated heterocycles. The number of fused-ring (bicyclic) bond motifs is 3. The Bertz CT molecular complexity index is 1170. The van der Waals surface area contributed by atoms with Gasteiger partial charge in [0.1, 0.15) is 10.9 Å². The van der Waals surface area contributed by atoms with Gasteiger partial charge in [-0.1, -0.05) is 30.0 Å². The number of nitrogens with zero attached hydrogens (tertiary/aromatic N) is 4. The summed E-state index contributed by atoms with van der Waals surface area (Å²) in [6.45, 7) is 5.99. The molecular weight excluding hydrogens is 358 g/mol. The van der Waals surface area contributed by atoms with Crippen molar-refractivity contribution in [3.63, 3.8) is 0 Å². The summed E-state index contributed by atoms with van der Waals surface area (Å²) < 4.78 is 1.98. The Balaban J connectivity index is 1.57. The summed E-state index contributed by atoms with van der Waals surface area (Å²) in [6, 6.07) is 13.8. The molecule has 1 amide bonds. The molecule has 0 aliphatic rings. The molecule has 2 aromatic carbocycles. The maximum atomic E-state index is 12.4. The van der Waals surface area contributed by atoms with Crippen LogP contribution in [-0.2, 0) is 4.79 Å². The molecule has 0 aliphatic heterocycles. The Labute approximate surface area is 161 Å². The van der Waals surface area contributed by atoms with E-state index in [9.17, 15) is 4.79 Å². The average molecular weight is 377 g/mol. The summed E-state index contributed by atoms with van der Waals surface area (Å²) in [5, 5.41) is 12.1. The standard InChI is InChI=1S/C20H19N5OS/c1-12-8-9-15(10-13(12)2)21-18(26)11-27-20-19-24-23-14(3)25(19)17-7-5-4-6-16(17)22-20/h4-10H,11H2,1-3H3,(H,21,26). The van der Waals surface area contributed by atoms with Crippen LogP contribution >= 0.6 is 11.8 Å². The van der Waals surface area contributed by atoms with Gasteiger partial charge in [-0.25, -0.2) is 4.98 Å². The van der Waals surface area contributed by atoms with E-state index in [1.807, 2.05) is 67.6 Å². The van der Waals surface area contributed by atoms with E-state index in [-0.39, 0.29) is 11.7 Å². The summed E-state index contributed by atoms with van der Waals surface area (Å²) >= 11 is 1.37. The Hall–Kier alpha value is -2.93. The zero-order valence-electron chi connectivity index (χ0n) is 15.4. The predicted octanol–water partition coefficient (Wildman–Crippen LogP) is 3.93. The second kappa shape index (κ2) is 7.00. The molecule has 0 bridgehead atoms. The van der Waals surface area contributed by atoms with Crippen molar-refractivity contribution in [2.45, 2.75) is 25.8 Å². The maximum Gasteiger partial charge on any atom is 0.234 e. The van der Waals surface area contributed by atoms with Crippen LogP contribution in [0.5, 0.6) is 0 Å². The van der Waals surface area contributed by atoms with Gasteiger partial charge in [0, 0.05) is 5.69 Å². The highest BCUT2D eigenvalue weighted by Gasteiger charge is 2.14. The van der Waals surface area contributed by atoms with Gasteiger partial charge < -0.3 is 5.32 Å². The first-order chi connectivity index (χ1) is 13.0. The Kier molecular flexibility index (Phi) is 4.53. The SMILES string of the molecule is Cc1ccc(NC(=O)CSc2nc3ccccc3n3c(C)nnc23)cc1C. The molecular formula is C20H19N5OS. The number of para-hydroxylation sites is 2. The first-order valence-electron chi connectivity index (χ1n) is 8.63. The number of rotatable bonds is 4. The predicted molar refractivity (Wildman–Crippen MR) is 108 cm³/mol. The van der Waals surface area contributed by atoms with E-state index in [0.717, 1.165) is 28.1 Å². The van der Waals surface area contributed by atoms with E-state index in [1.54, 1.807) is 0 Å². The molecule has 0 spiro atoms. The number of amides is 1. The third-order valence-electron chi connectivity index (χ3n) is 4.49. The minimum Gasteiger partial charge on any atom is -0.325 e. The van der Waals surface area contributed by atoms with Crippen LogP contribution in [0.15, 0.2) is 47.5 Å². The molecule has 2 aromatic heterocycles. The Morgan fingerprint density at radius 2 is 1.89 bits per heavy atom. The highest BCUT2D eigenvalue weighted by molar-refractivity contribution is 8.00. The molecule has 27 heavy (non-hydrogen) atoms.